The maximum Gasteiger partial charge on any atom is 0.243 e. The summed E-state index contributed by atoms with van der Waals surface area (Å²) in [6.07, 6.45) is 0. The standard InChI is InChI=1S/C16H26N2O3S/c1-6-18(7-2)22(20,21)14-10-8-13(9-11-14)12-17-15(19)16(3,4)5/h8-11H,6-7,12H2,1-5H3,(H,17,19). The first-order valence-electron chi connectivity index (χ1n) is 7.50. The first kappa shape index (κ1) is 18.6. The molecule has 0 bridgehead atoms. The average molecular weight is 326 g/mol. The van der Waals surface area contributed by atoms with Crippen molar-refractivity contribution in [3.8, 4) is 0 Å². The summed E-state index contributed by atoms with van der Waals surface area (Å²) >= 11 is 0. The van der Waals surface area contributed by atoms with Gasteiger partial charge >= 0.3 is 0 Å². The summed E-state index contributed by atoms with van der Waals surface area (Å²) in [4.78, 5) is 12.1. The third-order valence-electron chi connectivity index (χ3n) is 3.40. The fourth-order valence-corrected chi connectivity index (χ4v) is 3.40. The zero-order valence-electron chi connectivity index (χ0n) is 14.0. The molecule has 0 aliphatic carbocycles. The van der Waals surface area contributed by atoms with Crippen molar-refractivity contribution in [3.05, 3.63) is 29.8 Å². The molecule has 1 aromatic carbocycles. The van der Waals surface area contributed by atoms with Gasteiger partial charge in [-0.05, 0) is 17.7 Å². The van der Waals surface area contributed by atoms with Gasteiger partial charge in [0.15, 0.2) is 0 Å². The van der Waals surface area contributed by atoms with Gasteiger partial charge in [0.2, 0.25) is 15.9 Å². The Morgan fingerprint density at radius 2 is 1.59 bits per heavy atom. The summed E-state index contributed by atoms with van der Waals surface area (Å²) in [5.74, 6) is -0.0349. The molecule has 0 fully saturated rings. The quantitative estimate of drug-likeness (QED) is 0.873. The van der Waals surface area contributed by atoms with Crippen LogP contribution in [0.25, 0.3) is 0 Å². The fourth-order valence-electron chi connectivity index (χ4n) is 1.94. The molecule has 0 radical (unpaired) electrons. The minimum absolute atomic E-state index is 0.0349. The van der Waals surface area contributed by atoms with Gasteiger partial charge in [0.05, 0.1) is 4.90 Å². The van der Waals surface area contributed by atoms with E-state index in [4.69, 9.17) is 0 Å². The number of sulfonamides is 1. The van der Waals surface area contributed by atoms with E-state index in [-0.39, 0.29) is 10.8 Å². The highest BCUT2D eigenvalue weighted by atomic mass is 32.2. The fraction of sp³-hybridized carbons (Fsp3) is 0.562. The van der Waals surface area contributed by atoms with Crippen molar-refractivity contribution < 1.29 is 13.2 Å². The number of hydrogen-bond acceptors (Lipinski definition) is 3. The Hall–Kier alpha value is -1.40. The molecule has 0 heterocycles. The molecule has 0 aromatic heterocycles. The molecule has 1 N–H and O–H groups in total. The zero-order valence-corrected chi connectivity index (χ0v) is 14.8. The maximum absolute atomic E-state index is 12.4. The summed E-state index contributed by atoms with van der Waals surface area (Å²) in [6, 6.07) is 6.65. The Kier molecular flexibility index (Phi) is 6.14. The zero-order chi connectivity index (χ0) is 17.0. The monoisotopic (exact) mass is 326 g/mol. The van der Waals surface area contributed by atoms with Crippen molar-refractivity contribution in [2.75, 3.05) is 13.1 Å². The second-order valence-corrected chi connectivity index (χ2v) is 8.10. The van der Waals surface area contributed by atoms with Crippen LogP contribution < -0.4 is 5.32 Å². The first-order chi connectivity index (χ1) is 10.1. The van der Waals surface area contributed by atoms with E-state index in [0.717, 1.165) is 5.56 Å². The van der Waals surface area contributed by atoms with Crippen LogP contribution in [0.2, 0.25) is 0 Å². The van der Waals surface area contributed by atoms with Gasteiger partial charge in [-0.15, -0.1) is 0 Å². The highest BCUT2D eigenvalue weighted by Gasteiger charge is 2.22. The lowest BCUT2D eigenvalue weighted by molar-refractivity contribution is -0.128. The number of carbonyl (C=O) groups excluding carboxylic acids is 1. The van der Waals surface area contributed by atoms with Crippen LogP contribution in [0.4, 0.5) is 0 Å². The van der Waals surface area contributed by atoms with Gasteiger partial charge in [-0.2, -0.15) is 4.31 Å². The van der Waals surface area contributed by atoms with Crippen LogP contribution in [0.5, 0.6) is 0 Å². The lowest BCUT2D eigenvalue weighted by Crippen LogP contribution is -2.34. The predicted octanol–water partition coefficient (Wildman–Crippen LogP) is 2.38. The van der Waals surface area contributed by atoms with Gasteiger partial charge in [0.25, 0.3) is 0 Å². The van der Waals surface area contributed by atoms with Crippen LogP contribution in [0.3, 0.4) is 0 Å². The van der Waals surface area contributed by atoms with Crippen molar-refractivity contribution in [3.63, 3.8) is 0 Å². The van der Waals surface area contributed by atoms with E-state index in [0.29, 0.717) is 19.6 Å². The SMILES string of the molecule is CCN(CC)S(=O)(=O)c1ccc(CNC(=O)C(C)(C)C)cc1. The van der Waals surface area contributed by atoms with Crippen molar-refractivity contribution >= 4 is 15.9 Å². The third kappa shape index (κ3) is 4.55. The average Bonchev–Trinajstić information content (AvgIpc) is 2.45. The van der Waals surface area contributed by atoms with E-state index < -0.39 is 15.4 Å². The molecule has 0 spiro atoms. The van der Waals surface area contributed by atoms with Crippen LogP contribution in [-0.2, 0) is 21.4 Å². The van der Waals surface area contributed by atoms with Crippen LogP contribution in [0, 0.1) is 5.41 Å². The Morgan fingerprint density at radius 3 is 2.00 bits per heavy atom. The highest BCUT2D eigenvalue weighted by molar-refractivity contribution is 7.89. The van der Waals surface area contributed by atoms with Crippen molar-refractivity contribution in [1.29, 1.82) is 0 Å². The smallest absolute Gasteiger partial charge is 0.243 e. The Balaban J connectivity index is 2.81. The lowest BCUT2D eigenvalue weighted by atomic mass is 9.95. The molecule has 1 aromatic rings. The Bertz CT molecular complexity index is 597. The van der Waals surface area contributed by atoms with E-state index >= 15 is 0 Å². The summed E-state index contributed by atoms with van der Waals surface area (Å²) in [5.41, 5.74) is 0.433. The molecule has 22 heavy (non-hydrogen) atoms. The number of hydrogen-bond donors (Lipinski definition) is 1. The van der Waals surface area contributed by atoms with Crippen LogP contribution in [0.1, 0.15) is 40.2 Å². The molecule has 0 atom stereocenters. The number of nitrogens with one attached hydrogen (secondary N) is 1. The molecule has 0 aliphatic heterocycles. The molecule has 5 nitrogen and oxygen atoms in total. The molecule has 124 valence electrons. The number of amides is 1. The summed E-state index contributed by atoms with van der Waals surface area (Å²) < 4.78 is 26.1. The number of rotatable bonds is 6. The Labute approximate surface area is 133 Å². The molecule has 1 rings (SSSR count). The number of benzene rings is 1. The summed E-state index contributed by atoms with van der Waals surface area (Å²) in [7, 11) is -3.43. The first-order valence-corrected chi connectivity index (χ1v) is 8.94. The minimum atomic E-state index is -3.43. The molecule has 0 aliphatic rings. The highest BCUT2D eigenvalue weighted by Crippen LogP contribution is 2.17. The Morgan fingerprint density at radius 1 is 1.09 bits per heavy atom. The molecule has 6 heteroatoms. The van der Waals surface area contributed by atoms with Crippen LogP contribution >= 0.6 is 0 Å². The maximum atomic E-state index is 12.4. The van der Waals surface area contributed by atoms with Gasteiger partial charge in [-0.25, -0.2) is 8.42 Å². The topological polar surface area (TPSA) is 66.5 Å². The van der Waals surface area contributed by atoms with Crippen molar-refractivity contribution in [2.24, 2.45) is 5.41 Å². The van der Waals surface area contributed by atoms with Gasteiger partial charge in [0.1, 0.15) is 0 Å². The summed E-state index contributed by atoms with van der Waals surface area (Å²) in [5, 5.41) is 2.84. The second kappa shape index (κ2) is 7.24. The van der Waals surface area contributed by atoms with Gasteiger partial charge < -0.3 is 5.32 Å². The van der Waals surface area contributed by atoms with E-state index in [2.05, 4.69) is 5.32 Å². The van der Waals surface area contributed by atoms with E-state index in [9.17, 15) is 13.2 Å². The molecule has 0 saturated heterocycles. The van der Waals surface area contributed by atoms with Crippen LogP contribution in [0.15, 0.2) is 29.2 Å². The molecular formula is C16H26N2O3S. The number of nitrogens with zero attached hydrogens (tertiary/aromatic N) is 1. The molecule has 0 saturated carbocycles. The number of carbonyl (C=O) groups is 1. The van der Waals surface area contributed by atoms with Crippen LogP contribution in [-0.4, -0.2) is 31.7 Å². The van der Waals surface area contributed by atoms with E-state index in [1.807, 2.05) is 34.6 Å². The second-order valence-electron chi connectivity index (χ2n) is 6.17. The minimum Gasteiger partial charge on any atom is -0.352 e. The molecule has 1 amide bonds. The molecule has 0 unspecified atom stereocenters. The van der Waals surface area contributed by atoms with Crippen molar-refractivity contribution in [2.45, 2.75) is 46.1 Å². The summed E-state index contributed by atoms with van der Waals surface area (Å²) in [6.45, 7) is 10.5. The predicted molar refractivity (Wildman–Crippen MR) is 87.9 cm³/mol. The normalized spacial score (nSPS) is 12.5. The van der Waals surface area contributed by atoms with Gasteiger partial charge in [-0.3, -0.25) is 4.79 Å². The van der Waals surface area contributed by atoms with Crippen molar-refractivity contribution in [1.82, 2.24) is 9.62 Å². The van der Waals surface area contributed by atoms with E-state index in [1.165, 1.54) is 4.31 Å². The molecular weight excluding hydrogens is 300 g/mol. The van der Waals surface area contributed by atoms with E-state index in [1.54, 1.807) is 24.3 Å². The third-order valence-corrected chi connectivity index (χ3v) is 5.46. The van der Waals surface area contributed by atoms with Gasteiger partial charge in [-0.1, -0.05) is 46.8 Å². The largest absolute Gasteiger partial charge is 0.352 e. The lowest BCUT2D eigenvalue weighted by Gasteiger charge is -2.19. The van der Waals surface area contributed by atoms with Gasteiger partial charge in [0, 0.05) is 25.0 Å².